The fourth-order valence-corrected chi connectivity index (χ4v) is 1.70. The number of esters is 1. The van der Waals surface area contributed by atoms with E-state index in [1.54, 1.807) is 0 Å². The molecule has 0 saturated carbocycles. The smallest absolute Gasteiger partial charge is 0.387 e. The average molecular weight is 304 g/mol. The zero-order chi connectivity index (χ0) is 16.0. The van der Waals surface area contributed by atoms with Gasteiger partial charge in [-0.2, -0.15) is 8.78 Å². The van der Waals surface area contributed by atoms with Crippen molar-refractivity contribution in [2.24, 2.45) is 0 Å². The van der Waals surface area contributed by atoms with Crippen LogP contribution in [0.25, 0.3) is 0 Å². The van der Waals surface area contributed by atoms with Gasteiger partial charge in [0.2, 0.25) is 0 Å². The minimum atomic E-state index is -3.07. The van der Waals surface area contributed by atoms with Crippen LogP contribution in [0.3, 0.4) is 0 Å². The van der Waals surface area contributed by atoms with Crippen molar-refractivity contribution in [2.45, 2.75) is 25.6 Å². The number of carbonyl (C=O) groups excluding carboxylic acids is 1. The standard InChI is InChI=1S/C13H14F2O6/c1-20-10(16)5-3-7-2-4-8(21-13(14)15)6-9(7)11(17)12(18)19/h2,4,6,11,13,17H,3,5H2,1H3,(H,18,19). The third kappa shape index (κ3) is 4.99. The zero-order valence-electron chi connectivity index (χ0n) is 11.1. The lowest BCUT2D eigenvalue weighted by atomic mass is 9.98. The number of aryl methyl sites for hydroxylation is 1. The molecule has 0 aromatic heterocycles. The first kappa shape index (κ1) is 16.8. The second-order valence-electron chi connectivity index (χ2n) is 4.06. The van der Waals surface area contributed by atoms with E-state index in [4.69, 9.17) is 5.11 Å². The molecule has 0 saturated heterocycles. The van der Waals surface area contributed by atoms with Crippen molar-refractivity contribution in [3.8, 4) is 5.75 Å². The first-order chi connectivity index (χ1) is 9.85. The van der Waals surface area contributed by atoms with Crippen molar-refractivity contribution in [1.82, 2.24) is 0 Å². The predicted molar refractivity (Wildman–Crippen MR) is 66.0 cm³/mol. The first-order valence-electron chi connectivity index (χ1n) is 5.90. The molecule has 0 aliphatic carbocycles. The highest BCUT2D eigenvalue weighted by molar-refractivity contribution is 5.75. The average Bonchev–Trinajstić information content (AvgIpc) is 2.43. The van der Waals surface area contributed by atoms with Gasteiger partial charge in [-0.1, -0.05) is 6.07 Å². The Hall–Kier alpha value is -2.22. The van der Waals surface area contributed by atoms with Gasteiger partial charge in [-0.05, 0) is 29.7 Å². The van der Waals surface area contributed by atoms with E-state index in [1.165, 1.54) is 19.2 Å². The lowest BCUT2D eigenvalue weighted by Crippen LogP contribution is -2.14. The quantitative estimate of drug-likeness (QED) is 0.742. The molecular formula is C13H14F2O6. The summed E-state index contributed by atoms with van der Waals surface area (Å²) in [6, 6.07) is 3.54. The zero-order valence-corrected chi connectivity index (χ0v) is 11.1. The molecule has 0 bridgehead atoms. The van der Waals surface area contributed by atoms with Crippen LogP contribution in [0.5, 0.6) is 5.75 Å². The second kappa shape index (κ2) is 7.53. The summed E-state index contributed by atoms with van der Waals surface area (Å²) < 4.78 is 32.9. The minimum Gasteiger partial charge on any atom is -0.479 e. The van der Waals surface area contributed by atoms with Gasteiger partial charge in [0.1, 0.15) is 5.75 Å². The first-order valence-corrected chi connectivity index (χ1v) is 5.90. The highest BCUT2D eigenvalue weighted by Gasteiger charge is 2.21. The molecule has 0 aliphatic heterocycles. The maximum Gasteiger partial charge on any atom is 0.387 e. The monoisotopic (exact) mass is 304 g/mol. The van der Waals surface area contributed by atoms with Crippen molar-refractivity contribution in [3.05, 3.63) is 29.3 Å². The number of carbonyl (C=O) groups is 2. The molecule has 21 heavy (non-hydrogen) atoms. The molecule has 1 aromatic carbocycles. The number of carboxylic acids is 1. The molecule has 0 radical (unpaired) electrons. The number of benzene rings is 1. The van der Waals surface area contributed by atoms with E-state index in [0.717, 1.165) is 6.07 Å². The van der Waals surface area contributed by atoms with Crippen LogP contribution in [0, 0.1) is 0 Å². The summed E-state index contributed by atoms with van der Waals surface area (Å²) in [4.78, 5) is 21.9. The molecule has 1 atom stereocenters. The number of alkyl halides is 2. The van der Waals surface area contributed by atoms with E-state index in [9.17, 15) is 23.5 Å². The van der Waals surface area contributed by atoms with Gasteiger partial charge in [0.15, 0.2) is 6.10 Å². The molecule has 8 heteroatoms. The Morgan fingerprint density at radius 2 is 2.00 bits per heavy atom. The molecule has 1 unspecified atom stereocenters. The molecular weight excluding hydrogens is 290 g/mol. The van der Waals surface area contributed by atoms with Crippen LogP contribution in [0.2, 0.25) is 0 Å². The van der Waals surface area contributed by atoms with Crippen molar-refractivity contribution in [2.75, 3.05) is 7.11 Å². The fraction of sp³-hybridized carbons (Fsp3) is 0.385. The second-order valence-corrected chi connectivity index (χ2v) is 4.06. The fourth-order valence-electron chi connectivity index (χ4n) is 1.70. The Labute approximate surface area is 118 Å². The van der Waals surface area contributed by atoms with Crippen LogP contribution in [0.1, 0.15) is 23.7 Å². The molecule has 1 rings (SSSR count). The number of rotatable bonds is 7. The Kier molecular flexibility index (Phi) is 6.04. The summed E-state index contributed by atoms with van der Waals surface area (Å²) in [6.45, 7) is -3.07. The number of aliphatic carboxylic acids is 1. The number of methoxy groups -OCH3 is 1. The highest BCUT2D eigenvalue weighted by Crippen LogP contribution is 2.26. The molecule has 2 N–H and O–H groups in total. The third-order valence-electron chi connectivity index (χ3n) is 2.70. The molecule has 0 amide bonds. The lowest BCUT2D eigenvalue weighted by molar-refractivity contribution is -0.147. The topological polar surface area (TPSA) is 93.1 Å². The van der Waals surface area contributed by atoms with Crippen LogP contribution in [-0.2, 0) is 20.7 Å². The number of aliphatic hydroxyl groups is 1. The number of hydrogen-bond donors (Lipinski definition) is 2. The maximum absolute atomic E-state index is 12.1. The number of ether oxygens (including phenoxy) is 2. The summed E-state index contributed by atoms with van der Waals surface area (Å²) in [5.41, 5.74) is 0.224. The number of aliphatic hydroxyl groups excluding tert-OH is 1. The van der Waals surface area contributed by atoms with E-state index in [-0.39, 0.29) is 24.2 Å². The Morgan fingerprint density at radius 3 is 2.52 bits per heavy atom. The van der Waals surface area contributed by atoms with Gasteiger partial charge in [0, 0.05) is 6.42 Å². The van der Waals surface area contributed by atoms with Crippen LogP contribution in [0.15, 0.2) is 18.2 Å². The molecule has 0 fully saturated rings. The number of carboxylic acid groups (broad SMARTS) is 1. The Morgan fingerprint density at radius 1 is 1.33 bits per heavy atom. The maximum atomic E-state index is 12.1. The molecule has 116 valence electrons. The van der Waals surface area contributed by atoms with E-state index in [2.05, 4.69) is 9.47 Å². The van der Waals surface area contributed by atoms with E-state index in [1.807, 2.05) is 0 Å². The van der Waals surface area contributed by atoms with Gasteiger partial charge < -0.3 is 19.7 Å². The molecule has 0 spiro atoms. The summed E-state index contributed by atoms with van der Waals surface area (Å²) in [5, 5.41) is 18.4. The van der Waals surface area contributed by atoms with E-state index in [0.29, 0.717) is 5.56 Å². The Bertz CT molecular complexity index is 517. The number of hydrogen-bond acceptors (Lipinski definition) is 5. The van der Waals surface area contributed by atoms with Crippen LogP contribution < -0.4 is 4.74 Å². The van der Waals surface area contributed by atoms with Crippen LogP contribution in [0.4, 0.5) is 8.78 Å². The van der Waals surface area contributed by atoms with Crippen molar-refractivity contribution in [1.29, 1.82) is 0 Å². The van der Waals surface area contributed by atoms with Crippen molar-refractivity contribution < 1.29 is 38.1 Å². The van der Waals surface area contributed by atoms with Crippen LogP contribution in [-0.4, -0.2) is 35.9 Å². The lowest BCUT2D eigenvalue weighted by Gasteiger charge is -2.14. The minimum absolute atomic E-state index is 0.0368. The van der Waals surface area contributed by atoms with Crippen LogP contribution >= 0.6 is 0 Å². The van der Waals surface area contributed by atoms with Gasteiger partial charge in [0.25, 0.3) is 0 Å². The molecule has 1 aromatic rings. The summed E-state index contributed by atoms with van der Waals surface area (Å²) in [7, 11) is 1.20. The molecule has 6 nitrogen and oxygen atoms in total. The van der Waals surface area contributed by atoms with Gasteiger partial charge in [-0.15, -0.1) is 0 Å². The summed E-state index contributed by atoms with van der Waals surface area (Å²) >= 11 is 0. The largest absolute Gasteiger partial charge is 0.479 e. The van der Waals surface area contributed by atoms with Gasteiger partial charge in [-0.3, -0.25) is 4.79 Å². The highest BCUT2D eigenvalue weighted by atomic mass is 19.3. The Balaban J connectivity index is 3.04. The number of halogens is 2. The summed E-state index contributed by atoms with van der Waals surface area (Å²) in [6.07, 6.45) is -1.84. The van der Waals surface area contributed by atoms with Gasteiger partial charge in [0.05, 0.1) is 7.11 Å². The van der Waals surface area contributed by atoms with Gasteiger partial charge in [-0.25, -0.2) is 4.79 Å². The predicted octanol–water partition coefficient (Wildman–Crippen LogP) is 1.51. The van der Waals surface area contributed by atoms with E-state index < -0.39 is 24.7 Å². The summed E-state index contributed by atoms with van der Waals surface area (Å²) in [5.74, 6) is -2.33. The molecule has 0 heterocycles. The van der Waals surface area contributed by atoms with Crippen molar-refractivity contribution >= 4 is 11.9 Å². The third-order valence-corrected chi connectivity index (χ3v) is 2.70. The van der Waals surface area contributed by atoms with E-state index >= 15 is 0 Å². The SMILES string of the molecule is COC(=O)CCc1ccc(OC(F)F)cc1C(O)C(=O)O. The van der Waals surface area contributed by atoms with Crippen molar-refractivity contribution in [3.63, 3.8) is 0 Å². The normalized spacial score (nSPS) is 12.0. The van der Waals surface area contributed by atoms with Gasteiger partial charge >= 0.3 is 18.6 Å². The molecule has 0 aliphatic rings.